The van der Waals surface area contributed by atoms with Crippen LogP contribution in [0.5, 0.6) is 0 Å². The van der Waals surface area contributed by atoms with Crippen molar-refractivity contribution >= 4 is 47.8 Å². The van der Waals surface area contributed by atoms with Gasteiger partial charge in [0, 0.05) is 18.6 Å². The molecule has 0 saturated carbocycles. The molecule has 1 unspecified atom stereocenters. The van der Waals surface area contributed by atoms with E-state index in [1.54, 1.807) is 18.3 Å². The van der Waals surface area contributed by atoms with Crippen LogP contribution in [0.15, 0.2) is 17.1 Å². The zero-order valence-corrected chi connectivity index (χ0v) is 13.2. The lowest BCUT2D eigenvalue weighted by molar-refractivity contribution is -0.193. The Bertz CT molecular complexity index is 650. The fraction of sp³-hybridized carbons (Fsp3) is 0.333. The highest BCUT2D eigenvalue weighted by Crippen LogP contribution is 2.21. The van der Waals surface area contributed by atoms with Gasteiger partial charge in [0.25, 0.3) is 0 Å². The van der Waals surface area contributed by atoms with Crippen LogP contribution in [-0.2, 0) is 9.63 Å². The topological polar surface area (TPSA) is 67.9 Å². The Hall–Kier alpha value is -1.01. The summed E-state index contributed by atoms with van der Waals surface area (Å²) >= 11 is 12.1. The van der Waals surface area contributed by atoms with Crippen LogP contribution in [-0.4, -0.2) is 16.8 Å². The second-order valence-electron chi connectivity index (χ2n) is 4.18. The standard InChI is InChI=1S/C12H13Cl2N3O2.ClH/c1-3-12(15)16-10-5-4-9(13)11(14)8(10)6-17(12)19-7(2)18;/h4-6H,3,15H2,1-2H3;1H. The molecule has 0 amide bonds. The Morgan fingerprint density at radius 2 is 2.15 bits per heavy atom. The van der Waals surface area contributed by atoms with Gasteiger partial charge in [0.1, 0.15) is 0 Å². The van der Waals surface area contributed by atoms with Gasteiger partial charge in [0.2, 0.25) is 5.79 Å². The molecule has 0 aliphatic carbocycles. The molecule has 1 aliphatic heterocycles. The molecule has 0 bridgehead atoms. The number of carbonyl (C=O) groups is 1. The van der Waals surface area contributed by atoms with Crippen molar-refractivity contribution in [3.63, 3.8) is 0 Å². The van der Waals surface area contributed by atoms with Crippen molar-refractivity contribution in [3.8, 4) is 0 Å². The summed E-state index contributed by atoms with van der Waals surface area (Å²) in [4.78, 5) is 20.6. The average molecular weight is 339 g/mol. The van der Waals surface area contributed by atoms with Gasteiger partial charge in [0.05, 0.1) is 21.6 Å². The van der Waals surface area contributed by atoms with Gasteiger partial charge in [-0.15, -0.1) is 12.4 Å². The second kappa shape index (κ2) is 6.18. The summed E-state index contributed by atoms with van der Waals surface area (Å²) < 4.78 is 0. The van der Waals surface area contributed by atoms with E-state index in [-0.39, 0.29) is 12.4 Å². The van der Waals surface area contributed by atoms with Crippen molar-refractivity contribution in [2.24, 2.45) is 10.7 Å². The molecule has 1 atom stereocenters. The maximum absolute atomic E-state index is 11.1. The highest BCUT2D eigenvalue weighted by molar-refractivity contribution is 6.42. The Morgan fingerprint density at radius 3 is 2.70 bits per heavy atom. The lowest BCUT2D eigenvalue weighted by Crippen LogP contribution is -2.57. The Balaban J connectivity index is 0.00000200. The van der Waals surface area contributed by atoms with Crippen LogP contribution in [0.25, 0.3) is 6.20 Å². The molecule has 5 nitrogen and oxygen atoms in total. The van der Waals surface area contributed by atoms with Crippen LogP contribution in [0, 0.1) is 0 Å². The van der Waals surface area contributed by atoms with Gasteiger partial charge in [-0.2, -0.15) is 5.06 Å². The molecule has 2 N–H and O–H groups in total. The zero-order chi connectivity index (χ0) is 14.2. The van der Waals surface area contributed by atoms with Crippen molar-refractivity contribution in [2.75, 3.05) is 0 Å². The first-order chi connectivity index (χ1) is 8.87. The van der Waals surface area contributed by atoms with Crippen molar-refractivity contribution in [1.29, 1.82) is 0 Å². The average Bonchev–Trinajstić information content (AvgIpc) is 2.35. The van der Waals surface area contributed by atoms with Gasteiger partial charge in [-0.3, -0.25) is 10.5 Å². The predicted molar refractivity (Wildman–Crippen MR) is 79.8 cm³/mol. The summed E-state index contributed by atoms with van der Waals surface area (Å²) in [5, 5.41) is 3.14. The number of nitrogens with zero attached hydrogens (tertiary/aromatic N) is 2. The molecule has 0 aromatic heterocycles. The van der Waals surface area contributed by atoms with E-state index in [1.165, 1.54) is 12.0 Å². The molecule has 110 valence electrons. The van der Waals surface area contributed by atoms with E-state index in [1.807, 2.05) is 6.92 Å². The fourth-order valence-electron chi connectivity index (χ4n) is 1.74. The predicted octanol–water partition coefficient (Wildman–Crippen LogP) is 1.59. The third-order valence-corrected chi connectivity index (χ3v) is 3.62. The van der Waals surface area contributed by atoms with Gasteiger partial charge in [-0.05, 0) is 12.1 Å². The minimum atomic E-state index is -1.14. The van der Waals surface area contributed by atoms with Crippen LogP contribution < -0.4 is 16.3 Å². The van der Waals surface area contributed by atoms with E-state index in [9.17, 15) is 4.79 Å². The normalized spacial score (nSPS) is 20.1. The van der Waals surface area contributed by atoms with Gasteiger partial charge in [-0.25, -0.2) is 4.99 Å². The first-order valence-corrected chi connectivity index (χ1v) is 6.45. The lowest BCUT2D eigenvalue weighted by Gasteiger charge is -2.35. The third kappa shape index (κ3) is 3.01. The minimum Gasteiger partial charge on any atom is -0.338 e. The summed E-state index contributed by atoms with van der Waals surface area (Å²) in [6.07, 6.45) is 2.00. The minimum absolute atomic E-state index is 0. The number of benzene rings is 1. The van der Waals surface area contributed by atoms with Crippen LogP contribution in [0.2, 0.25) is 10.0 Å². The largest absolute Gasteiger partial charge is 0.338 e. The first-order valence-electron chi connectivity index (χ1n) is 5.70. The van der Waals surface area contributed by atoms with Gasteiger partial charge in [-0.1, -0.05) is 30.1 Å². The Kier molecular flexibility index (Phi) is 5.27. The van der Waals surface area contributed by atoms with Crippen LogP contribution in [0.1, 0.15) is 20.3 Å². The molecular weight excluding hydrogens is 325 g/mol. The molecule has 0 spiro atoms. The number of nitrogens with two attached hydrogens (primary N) is 1. The van der Waals surface area contributed by atoms with Crippen molar-refractivity contribution in [3.05, 3.63) is 32.8 Å². The zero-order valence-electron chi connectivity index (χ0n) is 10.9. The summed E-state index contributed by atoms with van der Waals surface area (Å²) in [6.45, 7) is 3.13. The van der Waals surface area contributed by atoms with E-state index in [4.69, 9.17) is 33.8 Å². The molecule has 8 heteroatoms. The Morgan fingerprint density at radius 1 is 1.50 bits per heavy atom. The maximum atomic E-state index is 11.1. The second-order valence-corrected chi connectivity index (χ2v) is 4.96. The molecule has 0 radical (unpaired) electrons. The van der Waals surface area contributed by atoms with Crippen molar-refractivity contribution < 1.29 is 9.63 Å². The lowest BCUT2D eigenvalue weighted by atomic mass is 10.2. The highest BCUT2D eigenvalue weighted by atomic mass is 35.5. The molecular formula is C12H14Cl3N3O2. The van der Waals surface area contributed by atoms with E-state index < -0.39 is 11.8 Å². The smallest absolute Gasteiger partial charge is 0.329 e. The molecule has 0 saturated heterocycles. The molecule has 2 rings (SSSR count). The van der Waals surface area contributed by atoms with E-state index in [0.717, 1.165) is 0 Å². The van der Waals surface area contributed by atoms with Gasteiger partial charge in [0.15, 0.2) is 0 Å². The molecule has 1 aromatic rings. The summed E-state index contributed by atoms with van der Waals surface area (Å²) in [5.74, 6) is -1.63. The molecule has 1 heterocycles. The van der Waals surface area contributed by atoms with Gasteiger partial charge >= 0.3 is 5.97 Å². The number of halogens is 3. The van der Waals surface area contributed by atoms with Crippen LogP contribution >= 0.6 is 35.6 Å². The number of carbonyl (C=O) groups excluding carboxylic acids is 1. The van der Waals surface area contributed by atoms with E-state index in [2.05, 4.69) is 4.99 Å². The monoisotopic (exact) mass is 337 g/mol. The Labute approximate surface area is 132 Å². The van der Waals surface area contributed by atoms with Crippen LogP contribution in [0.4, 0.5) is 0 Å². The maximum Gasteiger partial charge on any atom is 0.329 e. The first kappa shape index (κ1) is 17.0. The van der Waals surface area contributed by atoms with Gasteiger partial charge < -0.3 is 4.84 Å². The number of hydrogen-bond donors (Lipinski definition) is 1. The van der Waals surface area contributed by atoms with Crippen LogP contribution in [0.3, 0.4) is 0 Å². The number of hydrogen-bond acceptors (Lipinski definition) is 5. The van der Waals surface area contributed by atoms with Crippen molar-refractivity contribution in [2.45, 2.75) is 26.1 Å². The molecule has 1 aliphatic rings. The molecule has 1 aromatic carbocycles. The molecule has 20 heavy (non-hydrogen) atoms. The summed E-state index contributed by atoms with van der Waals surface area (Å²) in [6, 6.07) is 3.38. The summed E-state index contributed by atoms with van der Waals surface area (Å²) in [5.41, 5.74) is 6.13. The number of rotatable bonds is 2. The molecule has 0 fully saturated rings. The third-order valence-electron chi connectivity index (χ3n) is 2.80. The van der Waals surface area contributed by atoms with E-state index in [0.29, 0.717) is 27.0 Å². The van der Waals surface area contributed by atoms with E-state index >= 15 is 0 Å². The quantitative estimate of drug-likeness (QED) is 0.889. The SMILES string of the molecule is CCC1(N)N=c2ccc(Cl)c(Cl)c2=CN1OC(C)=O.Cl. The summed E-state index contributed by atoms with van der Waals surface area (Å²) in [7, 11) is 0. The highest BCUT2D eigenvalue weighted by Gasteiger charge is 2.33. The number of fused-ring (bicyclic) bond motifs is 1. The van der Waals surface area contributed by atoms with Crippen molar-refractivity contribution in [1.82, 2.24) is 5.06 Å². The number of hydroxylamine groups is 2. The fourth-order valence-corrected chi connectivity index (χ4v) is 2.12.